The standard InChI is InChI=1S/C22H27NO3.ClH/c1-16(17-5-3-2-4-6-17)22(25)9-11-23(12-10-22)15-20-14-18-13-19(24)7-8-21(18)26-20;/h2-8,13,16,20,24-25H,9-12,14-15H2,1H3;1H. The Morgan fingerprint density at radius 2 is 1.85 bits per heavy atom. The van der Waals surface area contributed by atoms with E-state index in [0.29, 0.717) is 5.75 Å². The van der Waals surface area contributed by atoms with Crippen LogP contribution in [0.5, 0.6) is 11.5 Å². The fourth-order valence-electron chi connectivity index (χ4n) is 4.30. The van der Waals surface area contributed by atoms with Crippen molar-refractivity contribution < 1.29 is 14.9 Å². The fourth-order valence-corrected chi connectivity index (χ4v) is 4.30. The number of likely N-dealkylation sites (tertiary alicyclic amines) is 1. The quantitative estimate of drug-likeness (QED) is 0.836. The highest BCUT2D eigenvalue weighted by Crippen LogP contribution is 2.37. The molecule has 2 unspecified atom stereocenters. The van der Waals surface area contributed by atoms with Crippen LogP contribution in [0, 0.1) is 0 Å². The van der Waals surface area contributed by atoms with Gasteiger partial charge in [-0.15, -0.1) is 12.4 Å². The first-order chi connectivity index (χ1) is 12.5. The molecule has 4 nitrogen and oxygen atoms in total. The molecule has 2 aliphatic rings. The lowest BCUT2D eigenvalue weighted by atomic mass is 9.77. The highest BCUT2D eigenvalue weighted by molar-refractivity contribution is 5.85. The van der Waals surface area contributed by atoms with Crippen LogP contribution in [-0.4, -0.2) is 46.5 Å². The van der Waals surface area contributed by atoms with Gasteiger partial charge >= 0.3 is 0 Å². The van der Waals surface area contributed by atoms with E-state index in [-0.39, 0.29) is 24.4 Å². The zero-order valence-corrected chi connectivity index (χ0v) is 16.5. The molecule has 0 spiro atoms. The first-order valence-corrected chi connectivity index (χ1v) is 9.52. The number of ether oxygens (including phenoxy) is 1. The molecule has 2 atom stereocenters. The SMILES string of the molecule is CC(c1ccccc1)C1(O)CCN(CC2Cc3cc(O)ccc3O2)CC1.Cl. The van der Waals surface area contributed by atoms with Gasteiger partial charge in [0.25, 0.3) is 0 Å². The molecule has 1 saturated heterocycles. The van der Waals surface area contributed by atoms with Crippen LogP contribution in [0.25, 0.3) is 0 Å². The number of nitrogens with zero attached hydrogens (tertiary/aromatic N) is 1. The Morgan fingerprint density at radius 3 is 2.56 bits per heavy atom. The summed E-state index contributed by atoms with van der Waals surface area (Å²) in [4.78, 5) is 2.39. The molecule has 0 amide bonds. The number of hydrogen-bond acceptors (Lipinski definition) is 4. The molecule has 0 bridgehead atoms. The Labute approximate surface area is 167 Å². The van der Waals surface area contributed by atoms with Gasteiger partial charge in [0, 0.05) is 37.5 Å². The number of hydrogen-bond donors (Lipinski definition) is 2. The Morgan fingerprint density at radius 1 is 1.15 bits per heavy atom. The Balaban J connectivity index is 0.00000210. The molecule has 27 heavy (non-hydrogen) atoms. The number of benzene rings is 2. The second-order valence-electron chi connectivity index (χ2n) is 7.77. The van der Waals surface area contributed by atoms with Gasteiger partial charge in [-0.25, -0.2) is 0 Å². The molecule has 1 fully saturated rings. The van der Waals surface area contributed by atoms with Gasteiger partial charge in [-0.1, -0.05) is 37.3 Å². The molecule has 2 N–H and O–H groups in total. The van der Waals surface area contributed by atoms with Crippen LogP contribution in [0.1, 0.15) is 36.8 Å². The van der Waals surface area contributed by atoms with Crippen LogP contribution in [0.3, 0.4) is 0 Å². The van der Waals surface area contributed by atoms with Crippen molar-refractivity contribution in [1.29, 1.82) is 0 Å². The van der Waals surface area contributed by atoms with Crippen LogP contribution in [0.4, 0.5) is 0 Å². The van der Waals surface area contributed by atoms with E-state index < -0.39 is 5.60 Å². The Bertz CT molecular complexity index is 759. The number of phenols is 1. The summed E-state index contributed by atoms with van der Waals surface area (Å²) in [6.07, 6.45) is 2.53. The van der Waals surface area contributed by atoms with E-state index in [1.807, 2.05) is 24.3 Å². The molecule has 0 saturated carbocycles. The Hall–Kier alpha value is -1.75. The van der Waals surface area contributed by atoms with E-state index in [4.69, 9.17) is 4.74 Å². The number of phenolic OH excluding ortho intramolecular Hbond substituents is 1. The molecule has 0 aromatic heterocycles. The summed E-state index contributed by atoms with van der Waals surface area (Å²) in [6.45, 7) is 4.77. The molecular weight excluding hydrogens is 362 g/mol. The highest BCUT2D eigenvalue weighted by Gasteiger charge is 2.38. The van der Waals surface area contributed by atoms with Crippen LogP contribution in [0.15, 0.2) is 48.5 Å². The molecule has 0 radical (unpaired) electrons. The average Bonchev–Trinajstić information content (AvgIpc) is 3.05. The highest BCUT2D eigenvalue weighted by atomic mass is 35.5. The van der Waals surface area contributed by atoms with Crippen LogP contribution < -0.4 is 4.74 Å². The second kappa shape index (κ2) is 8.09. The van der Waals surface area contributed by atoms with Gasteiger partial charge < -0.3 is 14.9 Å². The third-order valence-corrected chi connectivity index (χ3v) is 6.07. The maximum atomic E-state index is 11.2. The minimum absolute atomic E-state index is 0. The van der Waals surface area contributed by atoms with Crippen molar-refractivity contribution >= 4 is 12.4 Å². The number of piperidine rings is 1. The van der Waals surface area contributed by atoms with Crippen molar-refractivity contribution in [1.82, 2.24) is 4.90 Å². The van der Waals surface area contributed by atoms with E-state index in [1.165, 1.54) is 5.56 Å². The van der Waals surface area contributed by atoms with Gasteiger partial charge in [-0.2, -0.15) is 0 Å². The number of rotatable bonds is 4. The number of fused-ring (bicyclic) bond motifs is 1. The van der Waals surface area contributed by atoms with Gasteiger partial charge in [0.1, 0.15) is 17.6 Å². The first-order valence-electron chi connectivity index (χ1n) is 9.52. The molecular formula is C22H28ClNO3. The molecule has 4 rings (SSSR count). The third kappa shape index (κ3) is 4.23. The van der Waals surface area contributed by atoms with E-state index in [1.54, 1.807) is 12.1 Å². The summed E-state index contributed by atoms with van der Waals surface area (Å²) in [7, 11) is 0. The summed E-state index contributed by atoms with van der Waals surface area (Å²) in [6, 6.07) is 15.6. The van der Waals surface area contributed by atoms with Crippen molar-refractivity contribution in [2.45, 2.75) is 43.8 Å². The number of halogens is 1. The minimum atomic E-state index is -0.636. The van der Waals surface area contributed by atoms with E-state index in [0.717, 1.165) is 50.2 Å². The fraction of sp³-hybridized carbons (Fsp3) is 0.455. The van der Waals surface area contributed by atoms with Gasteiger partial charge in [-0.05, 0) is 36.6 Å². The largest absolute Gasteiger partial charge is 0.508 e. The monoisotopic (exact) mass is 389 g/mol. The number of aromatic hydroxyl groups is 1. The molecule has 2 aromatic carbocycles. The van der Waals surface area contributed by atoms with Crippen molar-refractivity contribution in [2.24, 2.45) is 0 Å². The predicted octanol–water partition coefficient (Wildman–Crippen LogP) is 3.75. The van der Waals surface area contributed by atoms with E-state index in [2.05, 4.69) is 24.0 Å². The summed E-state index contributed by atoms with van der Waals surface area (Å²) >= 11 is 0. The zero-order valence-electron chi connectivity index (χ0n) is 15.7. The Kier molecular flexibility index (Phi) is 5.99. The van der Waals surface area contributed by atoms with E-state index in [9.17, 15) is 10.2 Å². The van der Waals surface area contributed by atoms with Crippen molar-refractivity contribution in [3.63, 3.8) is 0 Å². The molecule has 2 heterocycles. The van der Waals surface area contributed by atoms with Gasteiger partial charge in [0.2, 0.25) is 0 Å². The van der Waals surface area contributed by atoms with Gasteiger partial charge in [-0.3, -0.25) is 4.90 Å². The van der Waals surface area contributed by atoms with Gasteiger partial charge in [0.15, 0.2) is 0 Å². The number of aliphatic hydroxyl groups is 1. The summed E-state index contributed by atoms with van der Waals surface area (Å²) < 4.78 is 6.02. The van der Waals surface area contributed by atoms with Crippen molar-refractivity contribution in [3.8, 4) is 11.5 Å². The van der Waals surface area contributed by atoms with Crippen LogP contribution in [-0.2, 0) is 6.42 Å². The molecule has 0 aliphatic carbocycles. The zero-order chi connectivity index (χ0) is 18.1. The molecule has 146 valence electrons. The van der Waals surface area contributed by atoms with Crippen molar-refractivity contribution in [2.75, 3.05) is 19.6 Å². The maximum absolute atomic E-state index is 11.2. The first kappa shape index (κ1) is 20.0. The molecule has 5 heteroatoms. The normalized spacial score (nSPS) is 22.4. The lowest BCUT2D eigenvalue weighted by Crippen LogP contribution is -2.49. The lowest BCUT2D eigenvalue weighted by Gasteiger charge is -2.42. The topological polar surface area (TPSA) is 52.9 Å². The van der Waals surface area contributed by atoms with Crippen molar-refractivity contribution in [3.05, 3.63) is 59.7 Å². The predicted molar refractivity (Wildman–Crippen MR) is 109 cm³/mol. The van der Waals surface area contributed by atoms with Gasteiger partial charge in [0.05, 0.1) is 5.60 Å². The third-order valence-electron chi connectivity index (χ3n) is 6.07. The molecule has 2 aromatic rings. The van der Waals surface area contributed by atoms with Crippen LogP contribution >= 0.6 is 12.4 Å². The average molecular weight is 390 g/mol. The summed E-state index contributed by atoms with van der Waals surface area (Å²) in [5, 5.41) is 20.8. The minimum Gasteiger partial charge on any atom is -0.508 e. The summed E-state index contributed by atoms with van der Waals surface area (Å²) in [5.41, 5.74) is 1.66. The lowest BCUT2D eigenvalue weighted by molar-refractivity contribution is -0.0435. The van der Waals surface area contributed by atoms with Crippen LogP contribution in [0.2, 0.25) is 0 Å². The maximum Gasteiger partial charge on any atom is 0.123 e. The summed E-state index contributed by atoms with van der Waals surface area (Å²) in [5.74, 6) is 1.32. The second-order valence-corrected chi connectivity index (χ2v) is 7.77. The van der Waals surface area contributed by atoms with E-state index >= 15 is 0 Å². The molecule has 2 aliphatic heterocycles. The smallest absolute Gasteiger partial charge is 0.123 e.